The summed E-state index contributed by atoms with van der Waals surface area (Å²) in [6.07, 6.45) is 1.48. The van der Waals surface area contributed by atoms with Crippen LogP contribution in [-0.4, -0.2) is 20.1 Å². The van der Waals surface area contributed by atoms with Crippen molar-refractivity contribution in [2.75, 3.05) is 0 Å². The van der Waals surface area contributed by atoms with Crippen LogP contribution in [0.25, 0.3) is 5.69 Å². The van der Waals surface area contributed by atoms with E-state index in [4.69, 9.17) is 5.11 Å². The van der Waals surface area contributed by atoms with Crippen molar-refractivity contribution in [2.45, 2.75) is 6.61 Å². The van der Waals surface area contributed by atoms with E-state index < -0.39 is 0 Å². The Bertz CT molecular complexity index is 441. The van der Waals surface area contributed by atoms with Gasteiger partial charge in [0.25, 0.3) is 0 Å². The molecule has 0 aliphatic carbocycles. The van der Waals surface area contributed by atoms with E-state index in [2.05, 4.69) is 10.3 Å². The Balaban J connectivity index is 2.44. The van der Waals surface area contributed by atoms with Gasteiger partial charge in [0.1, 0.15) is 17.2 Å². The zero-order valence-electron chi connectivity index (χ0n) is 7.26. The number of aromatic nitrogens is 3. The third-order valence-corrected chi connectivity index (χ3v) is 1.80. The summed E-state index contributed by atoms with van der Waals surface area (Å²) < 4.78 is 14.5. The molecule has 0 aliphatic rings. The largest absolute Gasteiger partial charge is 0.390 e. The summed E-state index contributed by atoms with van der Waals surface area (Å²) in [5.41, 5.74) is 0.730. The number of para-hydroxylation sites is 1. The van der Waals surface area contributed by atoms with Crippen LogP contribution in [0.3, 0.4) is 0 Å². The van der Waals surface area contributed by atoms with Gasteiger partial charge >= 0.3 is 0 Å². The summed E-state index contributed by atoms with van der Waals surface area (Å²) in [5, 5.41) is 16.1. The van der Waals surface area contributed by atoms with Crippen molar-refractivity contribution in [3.63, 3.8) is 0 Å². The lowest BCUT2D eigenvalue weighted by Gasteiger charge is -1.99. The lowest BCUT2D eigenvalue weighted by atomic mass is 10.3. The first-order valence-corrected chi connectivity index (χ1v) is 4.08. The standard InChI is InChI=1S/C9H8FN3O/c10-8-3-1-2-4-9(8)13-5-7(6-14)11-12-13/h1-5,14H,6H2. The molecule has 0 spiro atoms. The van der Waals surface area contributed by atoms with Gasteiger partial charge in [0.2, 0.25) is 0 Å². The summed E-state index contributed by atoms with van der Waals surface area (Å²) in [7, 11) is 0. The molecular formula is C9H8FN3O. The molecule has 0 fully saturated rings. The molecule has 14 heavy (non-hydrogen) atoms. The Morgan fingerprint density at radius 3 is 2.79 bits per heavy atom. The maximum atomic E-state index is 13.2. The Kier molecular flexibility index (Phi) is 2.24. The van der Waals surface area contributed by atoms with Crippen LogP contribution in [0, 0.1) is 5.82 Å². The fourth-order valence-electron chi connectivity index (χ4n) is 1.13. The summed E-state index contributed by atoms with van der Waals surface area (Å²) in [6.45, 7) is -0.200. The minimum atomic E-state index is -0.373. The summed E-state index contributed by atoms with van der Waals surface area (Å²) in [6, 6.07) is 6.24. The first kappa shape index (κ1) is 8.83. The maximum absolute atomic E-state index is 13.2. The molecule has 1 N–H and O–H groups in total. The van der Waals surface area contributed by atoms with E-state index in [9.17, 15) is 4.39 Å². The first-order chi connectivity index (χ1) is 6.81. The molecule has 5 heteroatoms. The molecule has 0 unspecified atom stereocenters. The predicted molar refractivity (Wildman–Crippen MR) is 47.2 cm³/mol. The molecule has 2 aromatic rings. The lowest BCUT2D eigenvalue weighted by molar-refractivity contribution is 0.276. The highest BCUT2D eigenvalue weighted by molar-refractivity contribution is 5.31. The number of aliphatic hydroxyl groups is 1. The van der Waals surface area contributed by atoms with Crippen molar-refractivity contribution >= 4 is 0 Å². The summed E-state index contributed by atoms with van der Waals surface area (Å²) >= 11 is 0. The van der Waals surface area contributed by atoms with Crippen LogP contribution in [0.2, 0.25) is 0 Å². The van der Waals surface area contributed by atoms with Crippen LogP contribution in [0.4, 0.5) is 4.39 Å². The lowest BCUT2D eigenvalue weighted by Crippen LogP contribution is -1.97. The van der Waals surface area contributed by atoms with Crippen molar-refractivity contribution in [3.8, 4) is 5.69 Å². The van der Waals surface area contributed by atoms with E-state index >= 15 is 0 Å². The topological polar surface area (TPSA) is 50.9 Å². The van der Waals surface area contributed by atoms with E-state index in [1.54, 1.807) is 18.2 Å². The normalized spacial score (nSPS) is 10.4. The quantitative estimate of drug-likeness (QED) is 0.770. The molecule has 2 rings (SSSR count). The van der Waals surface area contributed by atoms with Gasteiger partial charge in [0, 0.05) is 0 Å². The second kappa shape index (κ2) is 3.55. The van der Waals surface area contributed by atoms with E-state index in [1.165, 1.54) is 16.9 Å². The van der Waals surface area contributed by atoms with Gasteiger partial charge in [-0.25, -0.2) is 9.07 Å². The maximum Gasteiger partial charge on any atom is 0.148 e. The Hall–Kier alpha value is -1.75. The van der Waals surface area contributed by atoms with Crippen molar-refractivity contribution in [3.05, 3.63) is 42.0 Å². The average molecular weight is 193 g/mol. The average Bonchev–Trinajstić information content (AvgIpc) is 2.67. The number of nitrogens with zero attached hydrogens (tertiary/aromatic N) is 3. The van der Waals surface area contributed by atoms with Gasteiger partial charge in [-0.2, -0.15) is 0 Å². The first-order valence-electron chi connectivity index (χ1n) is 4.08. The Morgan fingerprint density at radius 1 is 1.36 bits per heavy atom. The Morgan fingerprint density at radius 2 is 2.14 bits per heavy atom. The Labute approximate surface area is 79.6 Å². The number of rotatable bonds is 2. The molecule has 0 aliphatic heterocycles. The zero-order chi connectivity index (χ0) is 9.97. The molecule has 0 saturated heterocycles. The molecule has 0 amide bonds. The molecule has 0 radical (unpaired) electrons. The van der Waals surface area contributed by atoms with Gasteiger partial charge in [-0.1, -0.05) is 17.3 Å². The molecule has 1 aromatic heterocycles. The van der Waals surface area contributed by atoms with E-state index in [-0.39, 0.29) is 12.4 Å². The number of benzene rings is 1. The van der Waals surface area contributed by atoms with Gasteiger partial charge in [0.05, 0.1) is 12.8 Å². The summed E-state index contributed by atoms with van der Waals surface area (Å²) in [5.74, 6) is -0.373. The van der Waals surface area contributed by atoms with Gasteiger partial charge in [-0.15, -0.1) is 5.10 Å². The molecule has 1 aromatic carbocycles. The van der Waals surface area contributed by atoms with Crippen LogP contribution < -0.4 is 0 Å². The third kappa shape index (κ3) is 1.49. The van der Waals surface area contributed by atoms with Crippen molar-refractivity contribution in [1.82, 2.24) is 15.0 Å². The predicted octanol–water partition coefficient (Wildman–Crippen LogP) is 0.899. The highest BCUT2D eigenvalue weighted by atomic mass is 19.1. The molecule has 72 valence electrons. The fraction of sp³-hybridized carbons (Fsp3) is 0.111. The molecule has 0 saturated carbocycles. The number of hydrogen-bond acceptors (Lipinski definition) is 3. The van der Waals surface area contributed by atoms with E-state index in [1.807, 2.05) is 0 Å². The third-order valence-electron chi connectivity index (χ3n) is 1.80. The number of halogens is 1. The van der Waals surface area contributed by atoms with Crippen molar-refractivity contribution in [2.24, 2.45) is 0 Å². The van der Waals surface area contributed by atoms with Crippen LogP contribution in [0.5, 0.6) is 0 Å². The SMILES string of the molecule is OCc1cn(-c2ccccc2F)nn1. The van der Waals surface area contributed by atoms with Crippen LogP contribution in [0.1, 0.15) is 5.69 Å². The van der Waals surface area contributed by atoms with Crippen molar-refractivity contribution in [1.29, 1.82) is 0 Å². The van der Waals surface area contributed by atoms with E-state index in [0.29, 0.717) is 11.4 Å². The van der Waals surface area contributed by atoms with Gasteiger partial charge < -0.3 is 5.11 Å². The number of aliphatic hydroxyl groups excluding tert-OH is 1. The monoisotopic (exact) mass is 193 g/mol. The van der Waals surface area contributed by atoms with Crippen LogP contribution >= 0.6 is 0 Å². The smallest absolute Gasteiger partial charge is 0.148 e. The fourth-order valence-corrected chi connectivity index (χ4v) is 1.13. The highest BCUT2D eigenvalue weighted by Gasteiger charge is 2.05. The molecule has 1 heterocycles. The molecule has 0 atom stereocenters. The molecule has 4 nitrogen and oxygen atoms in total. The highest BCUT2D eigenvalue weighted by Crippen LogP contribution is 2.11. The van der Waals surface area contributed by atoms with Crippen molar-refractivity contribution < 1.29 is 9.50 Å². The van der Waals surface area contributed by atoms with Gasteiger partial charge in [-0.05, 0) is 12.1 Å². The van der Waals surface area contributed by atoms with Gasteiger partial charge in [-0.3, -0.25) is 0 Å². The molecule has 0 bridgehead atoms. The van der Waals surface area contributed by atoms with Crippen LogP contribution in [-0.2, 0) is 6.61 Å². The number of hydrogen-bond donors (Lipinski definition) is 1. The minimum absolute atomic E-state index is 0.200. The zero-order valence-corrected chi connectivity index (χ0v) is 7.26. The second-order valence-electron chi connectivity index (χ2n) is 2.76. The van der Waals surface area contributed by atoms with E-state index in [0.717, 1.165) is 0 Å². The minimum Gasteiger partial charge on any atom is -0.390 e. The summed E-state index contributed by atoms with van der Waals surface area (Å²) in [4.78, 5) is 0. The van der Waals surface area contributed by atoms with Crippen LogP contribution in [0.15, 0.2) is 30.5 Å². The second-order valence-corrected chi connectivity index (χ2v) is 2.76. The van der Waals surface area contributed by atoms with Gasteiger partial charge in [0.15, 0.2) is 0 Å². The molecular weight excluding hydrogens is 185 g/mol.